The monoisotopic (exact) mass is 716 g/mol. The molecule has 262 valence electrons. The van der Waals surface area contributed by atoms with Crippen LogP contribution in [0.1, 0.15) is 0 Å². The number of furan rings is 1. The second kappa shape index (κ2) is 13.0. The zero-order valence-corrected chi connectivity index (χ0v) is 30.2. The molecule has 0 aliphatic rings. The first kappa shape index (κ1) is 31.9. The van der Waals surface area contributed by atoms with Gasteiger partial charge in [-0.05, 0) is 65.2 Å². The predicted octanol–water partition coefficient (Wildman–Crippen LogP) is 13.2. The van der Waals surface area contributed by atoms with Gasteiger partial charge in [0.05, 0.1) is 16.7 Å². The summed E-state index contributed by atoms with van der Waals surface area (Å²) in [4.78, 5) is 15.5. The van der Waals surface area contributed by atoms with E-state index in [-0.39, 0.29) is 0 Å². The minimum atomic E-state index is 0.571. The van der Waals surface area contributed by atoms with E-state index >= 15 is 0 Å². The van der Waals surface area contributed by atoms with Gasteiger partial charge < -0.3 is 8.98 Å². The van der Waals surface area contributed by atoms with E-state index in [0.29, 0.717) is 17.5 Å². The number of rotatable bonds is 6. The largest absolute Gasteiger partial charge is 0.455 e. The van der Waals surface area contributed by atoms with Crippen molar-refractivity contribution >= 4 is 43.7 Å². The maximum absolute atomic E-state index is 6.80. The van der Waals surface area contributed by atoms with Gasteiger partial charge in [-0.3, -0.25) is 0 Å². The summed E-state index contributed by atoms with van der Waals surface area (Å²) in [5, 5.41) is 4.50. The van der Waals surface area contributed by atoms with E-state index in [1.165, 1.54) is 10.8 Å². The first-order valence-corrected chi connectivity index (χ1v) is 18.8. The summed E-state index contributed by atoms with van der Waals surface area (Å²) in [6.45, 7) is 0. The Morgan fingerprint density at radius 3 is 1.59 bits per heavy atom. The summed E-state index contributed by atoms with van der Waals surface area (Å²) in [7, 11) is 0. The lowest BCUT2D eigenvalue weighted by atomic mass is 9.95. The number of para-hydroxylation sites is 3. The topological polar surface area (TPSA) is 56.7 Å². The van der Waals surface area contributed by atoms with Crippen LogP contribution in [-0.2, 0) is 0 Å². The molecule has 0 saturated carbocycles. The summed E-state index contributed by atoms with van der Waals surface area (Å²) in [6.07, 6.45) is 0. The summed E-state index contributed by atoms with van der Waals surface area (Å²) < 4.78 is 9.12. The highest BCUT2D eigenvalue weighted by Crippen LogP contribution is 2.41. The molecule has 5 heteroatoms. The SMILES string of the molecule is c1ccc(-c2cc(-c3ccccc3)c3oc4cc(-c5nc(-c6ccccc6)nc(-c6ccccc6-n6c7ccccc7c7ccccc76)n5)ccc4c3c2)cc1. The van der Waals surface area contributed by atoms with Crippen LogP contribution in [0.25, 0.3) is 106 Å². The lowest BCUT2D eigenvalue weighted by Crippen LogP contribution is -2.03. The Hall–Kier alpha value is -7.63. The molecular formula is C51H32N4O. The lowest BCUT2D eigenvalue weighted by molar-refractivity contribution is 0.670. The number of fused-ring (bicyclic) bond motifs is 6. The molecule has 0 spiro atoms. The van der Waals surface area contributed by atoms with E-state index in [4.69, 9.17) is 19.4 Å². The molecule has 56 heavy (non-hydrogen) atoms. The predicted molar refractivity (Wildman–Crippen MR) is 229 cm³/mol. The third-order valence-electron chi connectivity index (χ3n) is 10.7. The van der Waals surface area contributed by atoms with Gasteiger partial charge in [0.25, 0.3) is 0 Å². The average molecular weight is 717 g/mol. The fourth-order valence-electron chi connectivity index (χ4n) is 8.03. The molecule has 0 N–H and O–H groups in total. The second-order valence-corrected chi connectivity index (χ2v) is 14.0. The molecular weight excluding hydrogens is 685 g/mol. The molecule has 3 heterocycles. The van der Waals surface area contributed by atoms with Gasteiger partial charge in [-0.2, -0.15) is 0 Å². The van der Waals surface area contributed by atoms with Crippen molar-refractivity contribution in [3.63, 3.8) is 0 Å². The number of nitrogens with zero attached hydrogens (tertiary/aromatic N) is 4. The van der Waals surface area contributed by atoms with Gasteiger partial charge in [-0.1, -0.05) is 146 Å². The molecule has 0 unspecified atom stereocenters. The van der Waals surface area contributed by atoms with E-state index in [2.05, 4.69) is 150 Å². The summed E-state index contributed by atoms with van der Waals surface area (Å²) in [6, 6.07) is 67.3. The highest BCUT2D eigenvalue weighted by Gasteiger charge is 2.20. The zero-order valence-electron chi connectivity index (χ0n) is 30.2. The Balaban J connectivity index is 1.12. The van der Waals surface area contributed by atoms with Crippen LogP contribution in [0, 0.1) is 0 Å². The van der Waals surface area contributed by atoms with E-state index in [1.54, 1.807) is 0 Å². The van der Waals surface area contributed by atoms with Crippen LogP contribution in [-0.4, -0.2) is 19.5 Å². The van der Waals surface area contributed by atoms with Gasteiger partial charge in [0.1, 0.15) is 11.2 Å². The van der Waals surface area contributed by atoms with Crippen molar-refractivity contribution < 1.29 is 4.42 Å². The molecule has 8 aromatic carbocycles. The van der Waals surface area contributed by atoms with Crippen LogP contribution in [0.4, 0.5) is 0 Å². The Kier molecular flexibility index (Phi) is 7.42. The summed E-state index contributed by atoms with van der Waals surface area (Å²) in [5.74, 6) is 1.77. The molecule has 0 saturated heterocycles. The highest BCUT2D eigenvalue weighted by molar-refractivity contribution is 6.12. The molecule has 0 aliphatic carbocycles. The van der Waals surface area contributed by atoms with Gasteiger partial charge in [-0.15, -0.1) is 0 Å². The molecule has 5 nitrogen and oxygen atoms in total. The Morgan fingerprint density at radius 2 is 0.893 bits per heavy atom. The van der Waals surface area contributed by atoms with Crippen molar-refractivity contribution in [3.8, 4) is 62.1 Å². The van der Waals surface area contributed by atoms with Crippen LogP contribution >= 0.6 is 0 Å². The van der Waals surface area contributed by atoms with Gasteiger partial charge in [0, 0.05) is 43.8 Å². The van der Waals surface area contributed by atoms with Crippen molar-refractivity contribution in [1.29, 1.82) is 0 Å². The first-order valence-electron chi connectivity index (χ1n) is 18.8. The van der Waals surface area contributed by atoms with Gasteiger partial charge in [0.15, 0.2) is 17.5 Å². The molecule has 0 radical (unpaired) electrons. The van der Waals surface area contributed by atoms with E-state index < -0.39 is 0 Å². The zero-order chi connectivity index (χ0) is 37.0. The summed E-state index contributed by atoms with van der Waals surface area (Å²) in [5.41, 5.74) is 12.0. The van der Waals surface area contributed by atoms with Crippen molar-refractivity contribution in [3.05, 3.63) is 194 Å². The maximum atomic E-state index is 6.80. The molecule has 3 aromatic heterocycles. The Bertz CT molecular complexity index is 3190. The van der Waals surface area contributed by atoms with Gasteiger partial charge >= 0.3 is 0 Å². The van der Waals surface area contributed by atoms with Gasteiger partial charge in [0.2, 0.25) is 0 Å². The minimum Gasteiger partial charge on any atom is -0.455 e. The average Bonchev–Trinajstić information content (AvgIpc) is 3.82. The third-order valence-corrected chi connectivity index (χ3v) is 10.7. The molecule has 11 aromatic rings. The molecule has 0 bridgehead atoms. The number of hydrogen-bond acceptors (Lipinski definition) is 4. The first-order chi connectivity index (χ1) is 27.8. The van der Waals surface area contributed by atoms with E-state index in [1.807, 2.05) is 48.5 Å². The quantitative estimate of drug-likeness (QED) is 0.172. The molecule has 0 fully saturated rings. The Morgan fingerprint density at radius 1 is 0.339 bits per heavy atom. The van der Waals surface area contributed by atoms with Crippen LogP contribution in [0.15, 0.2) is 199 Å². The molecule has 0 atom stereocenters. The van der Waals surface area contributed by atoms with Crippen molar-refractivity contribution in [2.45, 2.75) is 0 Å². The van der Waals surface area contributed by atoms with Crippen LogP contribution < -0.4 is 0 Å². The number of benzene rings is 8. The van der Waals surface area contributed by atoms with Crippen LogP contribution in [0.3, 0.4) is 0 Å². The van der Waals surface area contributed by atoms with Crippen LogP contribution in [0.2, 0.25) is 0 Å². The fourth-order valence-corrected chi connectivity index (χ4v) is 8.03. The molecule has 11 rings (SSSR count). The van der Waals surface area contributed by atoms with Crippen molar-refractivity contribution in [2.75, 3.05) is 0 Å². The fraction of sp³-hybridized carbons (Fsp3) is 0. The number of hydrogen-bond donors (Lipinski definition) is 0. The minimum absolute atomic E-state index is 0.571. The van der Waals surface area contributed by atoms with E-state index in [0.717, 1.165) is 77.6 Å². The smallest absolute Gasteiger partial charge is 0.166 e. The molecule has 0 amide bonds. The Labute approximate surface area is 322 Å². The standard InChI is InChI=1S/C51H32N4O/c1-4-16-33(17-5-1)37-30-42(34-18-6-2-7-19-34)48-43(31-37)40-29-28-36(32-47(40)56-48)50-52-49(35-20-8-3-9-21-35)53-51(54-50)41-24-12-15-27-46(41)55-44-25-13-10-22-38(44)39-23-11-14-26-45(39)55/h1-32H. The normalized spacial score (nSPS) is 11.6. The van der Waals surface area contributed by atoms with Gasteiger partial charge in [-0.25, -0.2) is 15.0 Å². The second-order valence-electron chi connectivity index (χ2n) is 14.0. The van der Waals surface area contributed by atoms with Crippen LogP contribution in [0.5, 0.6) is 0 Å². The maximum Gasteiger partial charge on any atom is 0.166 e. The number of aromatic nitrogens is 4. The lowest BCUT2D eigenvalue weighted by Gasteiger charge is -2.14. The third kappa shape index (κ3) is 5.29. The van der Waals surface area contributed by atoms with E-state index in [9.17, 15) is 0 Å². The summed E-state index contributed by atoms with van der Waals surface area (Å²) >= 11 is 0. The highest BCUT2D eigenvalue weighted by atomic mass is 16.3. The molecule has 0 aliphatic heterocycles. The van der Waals surface area contributed by atoms with Crippen molar-refractivity contribution in [2.24, 2.45) is 0 Å². The van der Waals surface area contributed by atoms with Crippen molar-refractivity contribution in [1.82, 2.24) is 19.5 Å².